The fourth-order valence-corrected chi connectivity index (χ4v) is 2.21. The highest BCUT2D eigenvalue weighted by atomic mass is 16.5. The van der Waals surface area contributed by atoms with Crippen molar-refractivity contribution in [3.8, 4) is 5.75 Å². The van der Waals surface area contributed by atoms with Crippen molar-refractivity contribution in [2.75, 3.05) is 13.2 Å². The van der Waals surface area contributed by atoms with Gasteiger partial charge >= 0.3 is 0 Å². The summed E-state index contributed by atoms with van der Waals surface area (Å²) in [6.07, 6.45) is 9.36. The Bertz CT molecular complexity index is 489. The molecule has 2 aromatic heterocycles. The number of hydrogen-bond acceptors (Lipinski definition) is 3. The van der Waals surface area contributed by atoms with E-state index >= 15 is 0 Å². The summed E-state index contributed by atoms with van der Waals surface area (Å²) in [7, 11) is 0. The molecule has 0 N–H and O–H groups in total. The molecule has 4 nitrogen and oxygen atoms in total. The van der Waals surface area contributed by atoms with Gasteiger partial charge < -0.3 is 13.9 Å². The predicted octanol–water partition coefficient (Wildman–Crippen LogP) is 2.28. The molecule has 4 heteroatoms. The van der Waals surface area contributed by atoms with Gasteiger partial charge in [-0.05, 0) is 25.0 Å². The van der Waals surface area contributed by atoms with Gasteiger partial charge in [-0.1, -0.05) is 0 Å². The van der Waals surface area contributed by atoms with E-state index in [-0.39, 0.29) is 0 Å². The van der Waals surface area contributed by atoms with Crippen LogP contribution in [-0.4, -0.2) is 28.7 Å². The van der Waals surface area contributed by atoms with Crippen LogP contribution in [0.5, 0.6) is 5.75 Å². The third-order valence-electron chi connectivity index (χ3n) is 3.10. The van der Waals surface area contributed by atoms with E-state index in [4.69, 9.17) is 9.47 Å². The van der Waals surface area contributed by atoms with E-state index < -0.39 is 0 Å². The molecule has 2 aromatic rings. The van der Waals surface area contributed by atoms with Gasteiger partial charge in [-0.3, -0.25) is 0 Å². The lowest BCUT2D eigenvalue weighted by Gasteiger charge is -2.11. The molecule has 1 atom stereocenters. The second-order valence-corrected chi connectivity index (χ2v) is 4.30. The van der Waals surface area contributed by atoms with E-state index in [2.05, 4.69) is 4.98 Å². The Morgan fingerprint density at radius 1 is 1.47 bits per heavy atom. The quantitative estimate of drug-likeness (QED) is 0.811. The second-order valence-electron chi connectivity index (χ2n) is 4.30. The van der Waals surface area contributed by atoms with Gasteiger partial charge in [0.15, 0.2) is 11.4 Å². The van der Waals surface area contributed by atoms with Crippen molar-refractivity contribution in [2.24, 2.45) is 0 Å². The third kappa shape index (κ3) is 2.26. The average Bonchev–Trinajstić information content (AvgIpc) is 2.99. The molecule has 0 amide bonds. The Morgan fingerprint density at radius 2 is 2.47 bits per heavy atom. The first kappa shape index (κ1) is 10.6. The first-order valence-electron chi connectivity index (χ1n) is 6.09. The van der Waals surface area contributed by atoms with Crippen molar-refractivity contribution in [1.29, 1.82) is 0 Å². The van der Waals surface area contributed by atoms with E-state index in [0.717, 1.165) is 30.8 Å². The highest BCUT2D eigenvalue weighted by molar-refractivity contribution is 5.53. The number of hydrogen-bond donors (Lipinski definition) is 0. The van der Waals surface area contributed by atoms with Crippen LogP contribution < -0.4 is 4.74 Å². The van der Waals surface area contributed by atoms with Gasteiger partial charge in [0.25, 0.3) is 0 Å². The van der Waals surface area contributed by atoms with Gasteiger partial charge in [-0.25, -0.2) is 4.98 Å². The lowest BCUT2D eigenvalue weighted by molar-refractivity contribution is 0.0905. The molecule has 90 valence electrons. The molecule has 1 fully saturated rings. The standard InChI is InChI=1S/C13H16N2O2/c1-4-12(13-14-6-8-15(13)7-1)17-10-5-11-3-2-9-16-11/h1,4,6-8,11H,2-3,5,9-10H2/t11-/m0/s1. The maximum absolute atomic E-state index is 5.78. The molecule has 0 aliphatic carbocycles. The zero-order chi connectivity index (χ0) is 11.5. The van der Waals surface area contributed by atoms with Gasteiger partial charge in [0, 0.05) is 31.6 Å². The summed E-state index contributed by atoms with van der Waals surface area (Å²) in [5.74, 6) is 0.843. The van der Waals surface area contributed by atoms with Crippen molar-refractivity contribution in [2.45, 2.75) is 25.4 Å². The van der Waals surface area contributed by atoms with Gasteiger partial charge in [0.1, 0.15) is 0 Å². The van der Waals surface area contributed by atoms with Crippen LogP contribution in [0.4, 0.5) is 0 Å². The van der Waals surface area contributed by atoms with E-state index in [1.807, 2.05) is 28.9 Å². The molecule has 0 bridgehead atoms. The van der Waals surface area contributed by atoms with Crippen molar-refractivity contribution in [1.82, 2.24) is 9.38 Å². The molecule has 1 aliphatic rings. The summed E-state index contributed by atoms with van der Waals surface area (Å²) in [6.45, 7) is 1.59. The number of nitrogens with zero attached hydrogens (tertiary/aromatic N) is 2. The number of aromatic nitrogens is 2. The lowest BCUT2D eigenvalue weighted by Crippen LogP contribution is -2.11. The summed E-state index contributed by atoms with van der Waals surface area (Å²) in [5, 5.41) is 0. The molecule has 0 unspecified atom stereocenters. The minimum absolute atomic E-state index is 0.384. The molecule has 1 aliphatic heterocycles. The zero-order valence-corrected chi connectivity index (χ0v) is 9.71. The Labute approximate surface area is 100 Å². The fourth-order valence-electron chi connectivity index (χ4n) is 2.21. The number of imidazole rings is 1. The minimum Gasteiger partial charge on any atom is -0.490 e. The van der Waals surface area contributed by atoms with Crippen LogP contribution in [0.2, 0.25) is 0 Å². The van der Waals surface area contributed by atoms with Crippen molar-refractivity contribution < 1.29 is 9.47 Å². The normalized spacial score (nSPS) is 19.9. The summed E-state index contributed by atoms with van der Waals surface area (Å²) in [4.78, 5) is 4.28. The van der Waals surface area contributed by atoms with Crippen LogP contribution in [0.1, 0.15) is 19.3 Å². The van der Waals surface area contributed by atoms with Crippen LogP contribution in [0.25, 0.3) is 5.65 Å². The Morgan fingerprint density at radius 3 is 3.35 bits per heavy atom. The summed E-state index contributed by atoms with van der Waals surface area (Å²) < 4.78 is 13.3. The van der Waals surface area contributed by atoms with Gasteiger partial charge in [-0.2, -0.15) is 0 Å². The minimum atomic E-state index is 0.384. The number of pyridine rings is 1. The van der Waals surface area contributed by atoms with Crippen molar-refractivity contribution in [3.05, 3.63) is 30.7 Å². The van der Waals surface area contributed by atoms with Crippen LogP contribution in [0.3, 0.4) is 0 Å². The topological polar surface area (TPSA) is 35.8 Å². The van der Waals surface area contributed by atoms with E-state index in [9.17, 15) is 0 Å². The SMILES string of the molecule is c1cc(OCC[C@@H]2CCCO2)c2nccn2c1. The first-order chi connectivity index (χ1) is 8.43. The Kier molecular flexibility index (Phi) is 2.96. The molecule has 0 saturated carbocycles. The van der Waals surface area contributed by atoms with E-state index in [1.54, 1.807) is 6.20 Å². The molecule has 3 rings (SSSR count). The van der Waals surface area contributed by atoms with Gasteiger partial charge in [-0.15, -0.1) is 0 Å². The van der Waals surface area contributed by atoms with Crippen LogP contribution in [0.15, 0.2) is 30.7 Å². The molecular weight excluding hydrogens is 216 g/mol. The third-order valence-corrected chi connectivity index (χ3v) is 3.10. The number of ether oxygens (including phenoxy) is 2. The first-order valence-corrected chi connectivity index (χ1v) is 6.09. The molecule has 17 heavy (non-hydrogen) atoms. The van der Waals surface area contributed by atoms with E-state index in [1.165, 1.54) is 6.42 Å². The lowest BCUT2D eigenvalue weighted by atomic mass is 10.2. The maximum Gasteiger partial charge on any atom is 0.179 e. The van der Waals surface area contributed by atoms with Crippen LogP contribution in [-0.2, 0) is 4.74 Å². The van der Waals surface area contributed by atoms with Gasteiger partial charge in [0.05, 0.1) is 12.7 Å². The van der Waals surface area contributed by atoms with Crippen LogP contribution in [0, 0.1) is 0 Å². The van der Waals surface area contributed by atoms with Crippen molar-refractivity contribution >= 4 is 5.65 Å². The zero-order valence-electron chi connectivity index (χ0n) is 9.71. The Balaban J connectivity index is 1.62. The number of rotatable bonds is 4. The molecular formula is C13H16N2O2. The average molecular weight is 232 g/mol. The number of fused-ring (bicyclic) bond motifs is 1. The highest BCUT2D eigenvalue weighted by Gasteiger charge is 2.15. The largest absolute Gasteiger partial charge is 0.490 e. The van der Waals surface area contributed by atoms with Crippen LogP contribution >= 0.6 is 0 Å². The summed E-state index contributed by atoms with van der Waals surface area (Å²) >= 11 is 0. The summed E-state index contributed by atoms with van der Waals surface area (Å²) in [6, 6.07) is 3.92. The smallest absolute Gasteiger partial charge is 0.179 e. The Hall–Kier alpha value is -1.55. The molecule has 0 radical (unpaired) electrons. The highest BCUT2D eigenvalue weighted by Crippen LogP contribution is 2.19. The molecule has 0 aromatic carbocycles. The summed E-state index contributed by atoms with van der Waals surface area (Å²) in [5.41, 5.74) is 0.875. The second kappa shape index (κ2) is 4.75. The maximum atomic E-state index is 5.78. The van der Waals surface area contributed by atoms with Gasteiger partial charge in [0.2, 0.25) is 0 Å². The molecule has 3 heterocycles. The van der Waals surface area contributed by atoms with Crippen molar-refractivity contribution in [3.63, 3.8) is 0 Å². The molecule has 1 saturated heterocycles. The molecule has 0 spiro atoms. The fraction of sp³-hybridized carbons (Fsp3) is 0.462. The van der Waals surface area contributed by atoms with E-state index in [0.29, 0.717) is 12.7 Å². The monoisotopic (exact) mass is 232 g/mol. The predicted molar refractivity (Wildman–Crippen MR) is 64.3 cm³/mol.